The lowest BCUT2D eigenvalue weighted by Crippen LogP contribution is -2.25. The smallest absolute Gasteiger partial charge is 0.306 e. The van der Waals surface area contributed by atoms with Crippen LogP contribution in [0, 0.1) is 0 Å². The minimum Gasteiger partial charge on any atom is -0.306 e. The molecule has 3 aromatic rings. The molecule has 6 nitrogen and oxygen atoms in total. The van der Waals surface area contributed by atoms with Crippen molar-refractivity contribution >= 4 is 33.7 Å². The molecule has 0 atom stereocenters. The van der Waals surface area contributed by atoms with Crippen LogP contribution >= 0.6 is 11.8 Å². The van der Waals surface area contributed by atoms with Gasteiger partial charge in [0.15, 0.2) is 5.17 Å². The lowest BCUT2D eigenvalue weighted by molar-refractivity contribution is -0.137. The number of aromatic amines is 2. The van der Waals surface area contributed by atoms with Gasteiger partial charge in [0, 0.05) is 11.3 Å². The number of alkyl halides is 3. The maximum atomic E-state index is 12.6. The number of imidazole rings is 1. The number of hydrogen-bond donors (Lipinski definition) is 3. The van der Waals surface area contributed by atoms with E-state index in [0.717, 1.165) is 28.9 Å². The average Bonchev–Trinajstić information content (AvgIpc) is 3.05. The van der Waals surface area contributed by atoms with Crippen LogP contribution in [-0.2, 0) is 12.7 Å². The summed E-state index contributed by atoms with van der Waals surface area (Å²) in [7, 11) is 0. The van der Waals surface area contributed by atoms with Crippen LogP contribution < -0.4 is 11.1 Å². The molecular weight excluding hydrogens is 391 g/mol. The molecule has 0 fully saturated rings. The predicted molar refractivity (Wildman–Crippen MR) is 104 cm³/mol. The highest BCUT2D eigenvalue weighted by Gasteiger charge is 2.29. The van der Waals surface area contributed by atoms with Crippen LogP contribution in [0.4, 0.5) is 13.2 Å². The highest BCUT2D eigenvalue weighted by atomic mass is 32.2. The molecule has 1 aliphatic rings. The quantitative estimate of drug-likeness (QED) is 0.624. The van der Waals surface area contributed by atoms with Crippen LogP contribution in [0.3, 0.4) is 0 Å². The maximum Gasteiger partial charge on any atom is 0.416 e. The molecule has 0 bridgehead atoms. The third-order valence-electron chi connectivity index (χ3n) is 4.17. The van der Waals surface area contributed by atoms with Crippen molar-refractivity contribution in [1.29, 1.82) is 0 Å². The Morgan fingerprint density at radius 3 is 2.50 bits per heavy atom. The summed E-state index contributed by atoms with van der Waals surface area (Å²) in [5, 5.41) is 4.91. The highest BCUT2D eigenvalue weighted by molar-refractivity contribution is 8.14. The molecule has 1 aliphatic heterocycles. The van der Waals surface area contributed by atoms with Crippen molar-refractivity contribution in [2.75, 3.05) is 5.75 Å². The van der Waals surface area contributed by atoms with Gasteiger partial charge in [-0.25, -0.2) is 4.79 Å². The SMILES string of the molecule is O=c1[nH]c2ccc(C3=NNC(=NCc4ccc(C(F)(F)F)cc4)SC3)cc2[nH]1. The summed E-state index contributed by atoms with van der Waals surface area (Å²) >= 11 is 1.45. The number of nitrogens with zero attached hydrogens (tertiary/aromatic N) is 2. The molecule has 2 aromatic carbocycles. The van der Waals surface area contributed by atoms with E-state index in [1.165, 1.54) is 23.9 Å². The van der Waals surface area contributed by atoms with Gasteiger partial charge in [0.05, 0.1) is 28.9 Å². The van der Waals surface area contributed by atoms with Gasteiger partial charge in [-0.1, -0.05) is 30.0 Å². The minimum absolute atomic E-state index is 0.259. The summed E-state index contributed by atoms with van der Waals surface area (Å²) in [6, 6.07) is 10.5. The highest BCUT2D eigenvalue weighted by Crippen LogP contribution is 2.29. The Balaban J connectivity index is 1.43. The van der Waals surface area contributed by atoms with Gasteiger partial charge in [-0.2, -0.15) is 18.3 Å². The fraction of sp³-hybridized carbons (Fsp3) is 0.167. The van der Waals surface area contributed by atoms with Crippen LogP contribution in [0.15, 0.2) is 57.4 Å². The summed E-state index contributed by atoms with van der Waals surface area (Å²) in [5.41, 5.74) is 5.73. The largest absolute Gasteiger partial charge is 0.416 e. The number of H-pyrrole nitrogens is 2. The summed E-state index contributed by atoms with van der Waals surface area (Å²) in [5.74, 6) is 0.582. The zero-order valence-corrected chi connectivity index (χ0v) is 15.1. The standard InChI is InChI=1S/C18H14F3N5OS/c19-18(20,21)12-4-1-10(2-5-12)8-22-17-26-25-15(9-28-17)11-3-6-13-14(7-11)24-16(27)23-13/h1-7H,8-9H2,(H,22,26)(H2,23,24,27). The molecule has 3 N–H and O–H groups in total. The van der Waals surface area contributed by atoms with Gasteiger partial charge in [-0.15, -0.1) is 0 Å². The first kappa shape index (κ1) is 18.4. The second-order valence-electron chi connectivity index (χ2n) is 6.11. The Labute approximate surface area is 161 Å². The van der Waals surface area contributed by atoms with Gasteiger partial charge in [0.1, 0.15) is 0 Å². The van der Waals surface area contributed by atoms with Crippen LogP contribution in [0.1, 0.15) is 16.7 Å². The molecule has 2 heterocycles. The second-order valence-corrected chi connectivity index (χ2v) is 7.08. The second kappa shape index (κ2) is 7.19. The topological polar surface area (TPSA) is 85.4 Å². The van der Waals surface area contributed by atoms with E-state index in [-0.39, 0.29) is 12.2 Å². The van der Waals surface area contributed by atoms with E-state index in [2.05, 4.69) is 25.5 Å². The Morgan fingerprint density at radius 2 is 1.82 bits per heavy atom. The van der Waals surface area contributed by atoms with Crippen molar-refractivity contribution < 1.29 is 13.2 Å². The van der Waals surface area contributed by atoms with E-state index in [9.17, 15) is 18.0 Å². The molecule has 4 rings (SSSR count). The minimum atomic E-state index is -4.34. The monoisotopic (exact) mass is 405 g/mol. The first-order chi connectivity index (χ1) is 13.4. The molecule has 0 aliphatic carbocycles. The lowest BCUT2D eigenvalue weighted by Gasteiger charge is -2.15. The first-order valence-electron chi connectivity index (χ1n) is 8.27. The summed E-state index contributed by atoms with van der Waals surface area (Å²) in [6.07, 6.45) is -4.34. The fourth-order valence-corrected chi connectivity index (χ4v) is 3.49. The number of halogens is 3. The van der Waals surface area contributed by atoms with E-state index >= 15 is 0 Å². The first-order valence-corrected chi connectivity index (χ1v) is 9.25. The third kappa shape index (κ3) is 3.96. The summed E-state index contributed by atoms with van der Waals surface area (Å²) < 4.78 is 37.8. The summed E-state index contributed by atoms with van der Waals surface area (Å²) in [6.45, 7) is 0.259. The van der Waals surface area contributed by atoms with Gasteiger partial charge in [0.2, 0.25) is 0 Å². The Bertz CT molecular complexity index is 1130. The van der Waals surface area contributed by atoms with Crippen LogP contribution in [0.5, 0.6) is 0 Å². The normalized spacial score (nSPS) is 16.2. The number of hydrazone groups is 1. The molecule has 1 aromatic heterocycles. The molecule has 144 valence electrons. The lowest BCUT2D eigenvalue weighted by atomic mass is 10.1. The Morgan fingerprint density at radius 1 is 1.07 bits per heavy atom. The van der Waals surface area contributed by atoms with E-state index in [1.54, 1.807) is 0 Å². The van der Waals surface area contributed by atoms with Crippen molar-refractivity contribution in [3.05, 3.63) is 69.6 Å². The predicted octanol–water partition coefficient (Wildman–Crippen LogP) is 3.47. The van der Waals surface area contributed by atoms with Crippen molar-refractivity contribution in [2.45, 2.75) is 12.7 Å². The number of hydrogen-bond acceptors (Lipinski definition) is 4. The Hall–Kier alpha value is -3.01. The molecule has 10 heteroatoms. The molecule has 0 radical (unpaired) electrons. The van der Waals surface area contributed by atoms with Gasteiger partial charge < -0.3 is 9.97 Å². The Kier molecular flexibility index (Phi) is 4.71. The number of fused-ring (bicyclic) bond motifs is 1. The number of rotatable bonds is 3. The van der Waals surface area contributed by atoms with E-state index in [4.69, 9.17) is 0 Å². The summed E-state index contributed by atoms with van der Waals surface area (Å²) in [4.78, 5) is 21.1. The number of nitrogens with one attached hydrogen (secondary N) is 3. The van der Waals surface area contributed by atoms with Gasteiger partial charge in [0.25, 0.3) is 0 Å². The molecule has 28 heavy (non-hydrogen) atoms. The molecule has 0 saturated heterocycles. The number of amidine groups is 1. The van der Waals surface area contributed by atoms with Crippen molar-refractivity contribution in [1.82, 2.24) is 15.4 Å². The molecule has 0 unspecified atom stereocenters. The maximum absolute atomic E-state index is 12.6. The van der Waals surface area contributed by atoms with Gasteiger partial charge in [-0.3, -0.25) is 10.4 Å². The fourth-order valence-electron chi connectivity index (χ4n) is 2.72. The molecular formula is C18H14F3N5OS. The van der Waals surface area contributed by atoms with E-state index in [0.29, 0.717) is 22.0 Å². The van der Waals surface area contributed by atoms with E-state index < -0.39 is 11.7 Å². The number of aliphatic imine (C=N–C) groups is 1. The zero-order valence-electron chi connectivity index (χ0n) is 14.3. The van der Waals surface area contributed by atoms with Crippen molar-refractivity contribution in [3.63, 3.8) is 0 Å². The van der Waals surface area contributed by atoms with Crippen LogP contribution in [-0.4, -0.2) is 26.6 Å². The number of aromatic nitrogens is 2. The molecule has 0 spiro atoms. The van der Waals surface area contributed by atoms with Crippen molar-refractivity contribution in [3.8, 4) is 0 Å². The number of thioether (sulfide) groups is 1. The van der Waals surface area contributed by atoms with Crippen LogP contribution in [0.2, 0.25) is 0 Å². The molecule has 0 saturated carbocycles. The average molecular weight is 405 g/mol. The zero-order chi connectivity index (χ0) is 19.7. The third-order valence-corrected chi connectivity index (χ3v) is 5.08. The number of benzene rings is 2. The molecule has 0 amide bonds. The van der Waals surface area contributed by atoms with Crippen molar-refractivity contribution in [2.24, 2.45) is 10.1 Å². The van der Waals surface area contributed by atoms with E-state index in [1.807, 2.05) is 18.2 Å². The van der Waals surface area contributed by atoms with Gasteiger partial charge in [-0.05, 0) is 29.8 Å². The van der Waals surface area contributed by atoms with Crippen LogP contribution in [0.25, 0.3) is 11.0 Å². The van der Waals surface area contributed by atoms with Gasteiger partial charge >= 0.3 is 11.9 Å².